The summed E-state index contributed by atoms with van der Waals surface area (Å²) in [7, 11) is 3.62. The Labute approximate surface area is 102 Å². The minimum atomic E-state index is 0.172. The fourth-order valence-electron chi connectivity index (χ4n) is 2.18. The Morgan fingerprint density at radius 1 is 1.18 bits per heavy atom. The van der Waals surface area contributed by atoms with Gasteiger partial charge in [-0.05, 0) is 24.1 Å². The molecule has 0 saturated carbocycles. The Hall–Kier alpha value is -1.58. The third-order valence-corrected chi connectivity index (χ3v) is 3.10. The summed E-state index contributed by atoms with van der Waals surface area (Å²) in [4.78, 5) is 0. The molecule has 0 fully saturated rings. The van der Waals surface area contributed by atoms with Gasteiger partial charge in [-0.1, -0.05) is 30.3 Å². The van der Waals surface area contributed by atoms with Crippen LogP contribution in [0.4, 0.5) is 0 Å². The predicted molar refractivity (Wildman–Crippen MR) is 71.4 cm³/mol. The van der Waals surface area contributed by atoms with E-state index in [1.54, 1.807) is 7.11 Å². The third kappa shape index (κ3) is 2.12. The molecule has 0 heterocycles. The van der Waals surface area contributed by atoms with Gasteiger partial charge in [0.15, 0.2) is 0 Å². The molecule has 3 N–H and O–H groups in total. The molecule has 1 atom stereocenters. The van der Waals surface area contributed by atoms with E-state index in [4.69, 9.17) is 10.5 Å². The molecular formula is C14H18N2O. The lowest BCUT2D eigenvalue weighted by molar-refractivity contribution is 0.419. The van der Waals surface area contributed by atoms with Crippen LogP contribution in [-0.4, -0.2) is 20.7 Å². The molecule has 90 valence electrons. The van der Waals surface area contributed by atoms with Crippen molar-refractivity contribution in [2.24, 2.45) is 5.73 Å². The zero-order chi connectivity index (χ0) is 12.3. The number of benzene rings is 2. The second-order valence-corrected chi connectivity index (χ2v) is 3.98. The minimum absolute atomic E-state index is 0.172. The van der Waals surface area contributed by atoms with Crippen LogP contribution in [0.15, 0.2) is 36.4 Å². The predicted octanol–water partition coefficient (Wildman–Crippen LogP) is 2.07. The van der Waals surface area contributed by atoms with E-state index in [0.717, 1.165) is 11.1 Å². The maximum Gasteiger partial charge on any atom is 0.126 e. The molecule has 3 heteroatoms. The number of hydrogen-bond acceptors (Lipinski definition) is 3. The summed E-state index contributed by atoms with van der Waals surface area (Å²) in [6, 6.07) is 12.5. The van der Waals surface area contributed by atoms with Crippen molar-refractivity contribution in [2.45, 2.75) is 6.04 Å². The van der Waals surface area contributed by atoms with E-state index in [0.29, 0.717) is 6.54 Å². The van der Waals surface area contributed by atoms with Crippen molar-refractivity contribution in [2.75, 3.05) is 20.7 Å². The van der Waals surface area contributed by atoms with E-state index in [1.807, 2.05) is 25.2 Å². The lowest BCUT2D eigenvalue weighted by Crippen LogP contribution is -2.25. The third-order valence-electron chi connectivity index (χ3n) is 3.10. The van der Waals surface area contributed by atoms with Crippen LogP contribution >= 0.6 is 0 Å². The van der Waals surface area contributed by atoms with Crippen molar-refractivity contribution in [1.29, 1.82) is 0 Å². The Bertz CT molecular complexity index is 507. The van der Waals surface area contributed by atoms with Gasteiger partial charge in [0.05, 0.1) is 7.11 Å². The number of hydrogen-bond donors (Lipinski definition) is 2. The molecular weight excluding hydrogens is 212 g/mol. The van der Waals surface area contributed by atoms with Gasteiger partial charge in [0.25, 0.3) is 0 Å². The molecule has 3 nitrogen and oxygen atoms in total. The molecule has 2 aromatic carbocycles. The van der Waals surface area contributed by atoms with Gasteiger partial charge in [-0.25, -0.2) is 0 Å². The molecule has 1 unspecified atom stereocenters. The van der Waals surface area contributed by atoms with Crippen LogP contribution in [0.5, 0.6) is 5.75 Å². The fraction of sp³-hybridized carbons (Fsp3) is 0.286. The quantitative estimate of drug-likeness (QED) is 0.845. The van der Waals surface area contributed by atoms with Gasteiger partial charge in [0.2, 0.25) is 0 Å². The highest BCUT2D eigenvalue weighted by Crippen LogP contribution is 2.31. The molecule has 0 bridgehead atoms. The van der Waals surface area contributed by atoms with E-state index in [-0.39, 0.29) is 6.04 Å². The zero-order valence-corrected chi connectivity index (χ0v) is 10.2. The van der Waals surface area contributed by atoms with Crippen LogP contribution < -0.4 is 15.8 Å². The minimum Gasteiger partial charge on any atom is -0.496 e. The molecule has 0 aliphatic carbocycles. The molecule has 2 rings (SSSR count). The first-order valence-electron chi connectivity index (χ1n) is 5.74. The second-order valence-electron chi connectivity index (χ2n) is 3.98. The lowest BCUT2D eigenvalue weighted by atomic mass is 9.98. The highest BCUT2D eigenvalue weighted by Gasteiger charge is 2.12. The maximum atomic E-state index is 5.78. The average molecular weight is 230 g/mol. The summed E-state index contributed by atoms with van der Waals surface area (Å²) in [5.74, 6) is 0.899. The SMILES string of the molecule is CNC(CN)c1ccc(OC)c2ccccc12. The summed E-state index contributed by atoms with van der Waals surface area (Å²) < 4.78 is 5.38. The topological polar surface area (TPSA) is 47.3 Å². The highest BCUT2D eigenvalue weighted by atomic mass is 16.5. The molecule has 0 aliphatic heterocycles. The maximum absolute atomic E-state index is 5.78. The van der Waals surface area contributed by atoms with Crippen molar-refractivity contribution in [3.63, 3.8) is 0 Å². The van der Waals surface area contributed by atoms with Crippen molar-refractivity contribution >= 4 is 10.8 Å². The Morgan fingerprint density at radius 3 is 2.47 bits per heavy atom. The summed E-state index contributed by atoms with van der Waals surface area (Å²) in [6.07, 6.45) is 0. The van der Waals surface area contributed by atoms with Crippen molar-refractivity contribution in [1.82, 2.24) is 5.32 Å². The number of nitrogens with two attached hydrogens (primary N) is 1. The van der Waals surface area contributed by atoms with Crippen LogP contribution in [0.2, 0.25) is 0 Å². The van der Waals surface area contributed by atoms with Gasteiger partial charge >= 0.3 is 0 Å². The van der Waals surface area contributed by atoms with Gasteiger partial charge in [-0.2, -0.15) is 0 Å². The van der Waals surface area contributed by atoms with Gasteiger partial charge in [-0.15, -0.1) is 0 Å². The highest BCUT2D eigenvalue weighted by molar-refractivity contribution is 5.91. The van der Waals surface area contributed by atoms with Gasteiger partial charge in [0.1, 0.15) is 5.75 Å². The first kappa shape index (κ1) is 11.9. The normalized spacial score (nSPS) is 12.6. The van der Waals surface area contributed by atoms with E-state index in [2.05, 4.69) is 23.5 Å². The molecule has 2 aromatic rings. The zero-order valence-electron chi connectivity index (χ0n) is 10.2. The molecule has 0 amide bonds. The van der Waals surface area contributed by atoms with E-state index in [9.17, 15) is 0 Å². The summed E-state index contributed by atoms with van der Waals surface area (Å²) in [5, 5.41) is 5.55. The van der Waals surface area contributed by atoms with E-state index >= 15 is 0 Å². The molecule has 0 aromatic heterocycles. The second kappa shape index (κ2) is 5.17. The van der Waals surface area contributed by atoms with E-state index in [1.165, 1.54) is 10.9 Å². The van der Waals surface area contributed by atoms with Gasteiger partial charge in [-0.3, -0.25) is 0 Å². The van der Waals surface area contributed by atoms with Crippen molar-refractivity contribution in [3.8, 4) is 5.75 Å². The van der Waals surface area contributed by atoms with Crippen LogP contribution in [0, 0.1) is 0 Å². The largest absolute Gasteiger partial charge is 0.496 e. The number of ether oxygens (including phenoxy) is 1. The van der Waals surface area contributed by atoms with Crippen LogP contribution in [-0.2, 0) is 0 Å². The van der Waals surface area contributed by atoms with Crippen LogP contribution in [0.1, 0.15) is 11.6 Å². The molecule has 0 radical (unpaired) electrons. The summed E-state index contributed by atoms with van der Waals surface area (Å²) in [6.45, 7) is 0.576. The van der Waals surface area contributed by atoms with Crippen molar-refractivity contribution in [3.05, 3.63) is 42.0 Å². The fourth-order valence-corrected chi connectivity index (χ4v) is 2.18. The first-order valence-corrected chi connectivity index (χ1v) is 5.74. The van der Waals surface area contributed by atoms with Crippen LogP contribution in [0.25, 0.3) is 10.8 Å². The number of nitrogens with one attached hydrogen (secondary N) is 1. The van der Waals surface area contributed by atoms with E-state index < -0.39 is 0 Å². The number of rotatable bonds is 4. The molecule has 0 aliphatic rings. The molecule has 0 spiro atoms. The smallest absolute Gasteiger partial charge is 0.126 e. The number of likely N-dealkylation sites (N-methyl/N-ethyl adjacent to an activating group) is 1. The summed E-state index contributed by atoms with van der Waals surface area (Å²) >= 11 is 0. The monoisotopic (exact) mass is 230 g/mol. The lowest BCUT2D eigenvalue weighted by Gasteiger charge is -2.18. The number of methoxy groups -OCH3 is 1. The van der Waals surface area contributed by atoms with Gasteiger partial charge in [0, 0.05) is 18.0 Å². The van der Waals surface area contributed by atoms with Crippen LogP contribution in [0.3, 0.4) is 0 Å². The Morgan fingerprint density at radius 2 is 1.88 bits per heavy atom. The summed E-state index contributed by atoms with van der Waals surface area (Å²) in [5.41, 5.74) is 7.00. The molecule has 0 saturated heterocycles. The Balaban J connectivity index is 2.66. The average Bonchev–Trinajstić information content (AvgIpc) is 2.40. The van der Waals surface area contributed by atoms with Crippen molar-refractivity contribution < 1.29 is 4.74 Å². The standard InChI is InChI=1S/C14H18N2O/c1-16-13(9-15)11-7-8-14(17-2)12-6-4-3-5-10(11)12/h3-8,13,16H,9,15H2,1-2H3. The first-order chi connectivity index (χ1) is 8.31. The molecule has 17 heavy (non-hydrogen) atoms. The number of fused-ring (bicyclic) bond motifs is 1. The Kier molecular flexibility index (Phi) is 3.61. The van der Waals surface area contributed by atoms with Gasteiger partial charge < -0.3 is 15.8 Å².